The van der Waals surface area contributed by atoms with Crippen molar-refractivity contribution < 1.29 is 9.53 Å². The van der Waals surface area contributed by atoms with Crippen LogP contribution in [0.3, 0.4) is 0 Å². The molecule has 0 radical (unpaired) electrons. The number of allylic oxidation sites excluding steroid dienone is 1. The van der Waals surface area contributed by atoms with Crippen LogP contribution in [0.1, 0.15) is 34.6 Å². The second kappa shape index (κ2) is 5.63. The maximum atomic E-state index is 11.4. The largest absolute Gasteiger partial charge is 0.444 e. The zero-order valence-corrected chi connectivity index (χ0v) is 10.5. The van der Waals surface area contributed by atoms with Crippen LogP contribution in [0.2, 0.25) is 0 Å². The molecule has 88 valence electrons. The highest BCUT2D eigenvalue weighted by molar-refractivity contribution is 5.68. The van der Waals surface area contributed by atoms with Crippen molar-refractivity contribution in [3.63, 3.8) is 0 Å². The first-order valence-corrected chi connectivity index (χ1v) is 5.13. The minimum absolute atomic E-state index is 0.0742. The molecular weight excluding hydrogens is 192 g/mol. The van der Waals surface area contributed by atoms with Crippen molar-refractivity contribution in [1.82, 2.24) is 10.6 Å². The smallest absolute Gasteiger partial charge is 0.408 e. The third kappa shape index (κ3) is 5.99. The molecule has 0 rings (SSSR count). The van der Waals surface area contributed by atoms with Gasteiger partial charge in [-0.3, -0.25) is 0 Å². The number of ether oxygens (including phenoxy) is 1. The molecule has 0 aliphatic rings. The van der Waals surface area contributed by atoms with E-state index in [4.69, 9.17) is 4.74 Å². The van der Waals surface area contributed by atoms with E-state index in [0.29, 0.717) is 0 Å². The third-order valence-electron chi connectivity index (χ3n) is 1.80. The van der Waals surface area contributed by atoms with Gasteiger partial charge in [0.15, 0.2) is 0 Å². The van der Waals surface area contributed by atoms with Gasteiger partial charge in [-0.1, -0.05) is 6.08 Å². The van der Waals surface area contributed by atoms with E-state index in [1.165, 1.54) is 0 Å². The van der Waals surface area contributed by atoms with Crippen LogP contribution in [0.4, 0.5) is 4.79 Å². The average molecular weight is 214 g/mol. The summed E-state index contributed by atoms with van der Waals surface area (Å²) in [6.07, 6.45) is 1.52. The lowest BCUT2D eigenvalue weighted by Gasteiger charge is -2.23. The van der Waals surface area contributed by atoms with Crippen LogP contribution in [0.25, 0.3) is 0 Å². The summed E-state index contributed by atoms with van der Waals surface area (Å²) in [5, 5.41) is 5.76. The van der Waals surface area contributed by atoms with Crippen molar-refractivity contribution in [2.24, 2.45) is 0 Å². The van der Waals surface area contributed by atoms with E-state index in [1.54, 1.807) is 0 Å². The van der Waals surface area contributed by atoms with Crippen LogP contribution in [0.5, 0.6) is 0 Å². The van der Waals surface area contributed by atoms with Gasteiger partial charge >= 0.3 is 6.09 Å². The second-order valence-electron chi connectivity index (χ2n) is 4.36. The van der Waals surface area contributed by atoms with Gasteiger partial charge in [-0.15, -0.1) is 0 Å². The van der Waals surface area contributed by atoms with Crippen molar-refractivity contribution in [2.75, 3.05) is 7.05 Å². The fraction of sp³-hybridized carbons (Fsp3) is 0.727. The predicted octanol–water partition coefficient (Wildman–Crippen LogP) is 2.02. The molecule has 4 heteroatoms. The predicted molar refractivity (Wildman–Crippen MR) is 61.6 cm³/mol. The van der Waals surface area contributed by atoms with Crippen LogP contribution in [-0.2, 0) is 4.74 Å². The van der Waals surface area contributed by atoms with Gasteiger partial charge in [-0.25, -0.2) is 4.79 Å². The lowest BCUT2D eigenvalue weighted by molar-refractivity contribution is 0.0514. The van der Waals surface area contributed by atoms with Crippen molar-refractivity contribution in [3.8, 4) is 0 Å². The molecule has 1 amide bonds. The molecule has 0 aromatic rings. The Morgan fingerprint density at radius 3 is 2.27 bits per heavy atom. The zero-order valence-electron chi connectivity index (χ0n) is 10.5. The second-order valence-corrected chi connectivity index (χ2v) is 4.36. The monoisotopic (exact) mass is 214 g/mol. The zero-order chi connectivity index (χ0) is 12.1. The molecule has 0 bridgehead atoms. The molecule has 15 heavy (non-hydrogen) atoms. The fourth-order valence-corrected chi connectivity index (χ4v) is 1.17. The highest BCUT2D eigenvalue weighted by Gasteiger charge is 2.18. The number of carbonyl (C=O) groups excluding carboxylic acids is 1. The number of carbonyl (C=O) groups is 1. The number of hydrogen-bond acceptors (Lipinski definition) is 3. The van der Waals surface area contributed by atoms with E-state index in [-0.39, 0.29) is 6.04 Å². The van der Waals surface area contributed by atoms with Crippen molar-refractivity contribution >= 4 is 6.09 Å². The highest BCUT2D eigenvalue weighted by Crippen LogP contribution is 2.07. The molecule has 0 spiro atoms. The third-order valence-corrected chi connectivity index (χ3v) is 1.80. The molecule has 2 N–H and O–H groups in total. The standard InChI is InChI=1S/C11H22N2O2/c1-7-9(12-6)8(2)13-10(14)15-11(3,4)5/h7-8,12H,1-6H3,(H,13,14)/b9-7+. The van der Waals surface area contributed by atoms with Crippen molar-refractivity contribution in [1.29, 1.82) is 0 Å². The molecule has 0 aliphatic carbocycles. The molecule has 0 saturated carbocycles. The van der Waals surface area contributed by atoms with Gasteiger partial charge in [-0.2, -0.15) is 0 Å². The number of amides is 1. The first-order valence-electron chi connectivity index (χ1n) is 5.13. The van der Waals surface area contributed by atoms with E-state index in [1.807, 2.05) is 47.7 Å². The minimum atomic E-state index is -0.459. The Kier molecular flexibility index (Phi) is 5.19. The molecule has 1 atom stereocenters. The van der Waals surface area contributed by atoms with Gasteiger partial charge in [0, 0.05) is 12.7 Å². The Balaban J connectivity index is 4.19. The molecule has 0 aromatic carbocycles. The highest BCUT2D eigenvalue weighted by atomic mass is 16.6. The number of alkyl carbamates (subject to hydrolysis) is 1. The summed E-state index contributed by atoms with van der Waals surface area (Å²) in [6.45, 7) is 9.33. The van der Waals surface area contributed by atoms with Crippen molar-refractivity contribution in [3.05, 3.63) is 11.8 Å². The van der Waals surface area contributed by atoms with Crippen LogP contribution < -0.4 is 10.6 Å². The molecule has 0 heterocycles. The molecule has 0 saturated heterocycles. The van der Waals surface area contributed by atoms with E-state index >= 15 is 0 Å². The number of hydrogen-bond donors (Lipinski definition) is 2. The van der Waals surface area contributed by atoms with Crippen LogP contribution in [-0.4, -0.2) is 24.8 Å². The lowest BCUT2D eigenvalue weighted by atomic mass is 10.2. The Bertz CT molecular complexity index is 241. The average Bonchev–Trinajstić information content (AvgIpc) is 2.02. The summed E-state index contributed by atoms with van der Waals surface area (Å²) in [6, 6.07) is -0.0742. The van der Waals surface area contributed by atoms with E-state index in [2.05, 4.69) is 10.6 Å². The Morgan fingerprint density at radius 2 is 1.93 bits per heavy atom. The van der Waals surface area contributed by atoms with Gasteiger partial charge in [0.2, 0.25) is 0 Å². The summed E-state index contributed by atoms with van der Waals surface area (Å²) >= 11 is 0. The van der Waals surface area contributed by atoms with Crippen LogP contribution in [0, 0.1) is 0 Å². The van der Waals surface area contributed by atoms with Gasteiger partial charge in [-0.05, 0) is 34.6 Å². The lowest BCUT2D eigenvalue weighted by Crippen LogP contribution is -2.40. The van der Waals surface area contributed by atoms with E-state index in [9.17, 15) is 4.79 Å². The Hall–Kier alpha value is -1.19. The fourth-order valence-electron chi connectivity index (χ4n) is 1.17. The summed E-state index contributed by atoms with van der Waals surface area (Å²) in [7, 11) is 1.82. The minimum Gasteiger partial charge on any atom is -0.444 e. The SMILES string of the molecule is C/C=C(/NC)C(C)NC(=O)OC(C)(C)C. The summed E-state index contributed by atoms with van der Waals surface area (Å²) in [4.78, 5) is 11.4. The van der Waals surface area contributed by atoms with Gasteiger partial charge in [0.25, 0.3) is 0 Å². The van der Waals surface area contributed by atoms with Gasteiger partial charge in [0.05, 0.1) is 6.04 Å². The van der Waals surface area contributed by atoms with E-state index in [0.717, 1.165) is 5.70 Å². The normalized spacial score (nSPS) is 14.4. The number of nitrogens with one attached hydrogen (secondary N) is 2. The molecule has 0 fully saturated rings. The number of likely N-dealkylation sites (N-methyl/N-ethyl adjacent to an activating group) is 1. The van der Waals surface area contributed by atoms with Crippen LogP contribution >= 0.6 is 0 Å². The molecule has 0 aliphatic heterocycles. The van der Waals surface area contributed by atoms with E-state index < -0.39 is 11.7 Å². The first-order chi connectivity index (χ1) is 6.80. The van der Waals surface area contributed by atoms with Gasteiger partial charge in [0.1, 0.15) is 5.60 Å². The Labute approximate surface area is 92.1 Å². The first kappa shape index (κ1) is 13.8. The number of rotatable bonds is 3. The summed E-state index contributed by atoms with van der Waals surface area (Å²) in [5.74, 6) is 0. The van der Waals surface area contributed by atoms with Gasteiger partial charge < -0.3 is 15.4 Å². The van der Waals surface area contributed by atoms with Crippen LogP contribution in [0.15, 0.2) is 11.8 Å². The molecule has 4 nitrogen and oxygen atoms in total. The maximum absolute atomic E-state index is 11.4. The maximum Gasteiger partial charge on any atom is 0.408 e. The molecule has 1 unspecified atom stereocenters. The van der Waals surface area contributed by atoms with Crippen molar-refractivity contribution in [2.45, 2.75) is 46.3 Å². The summed E-state index contributed by atoms with van der Waals surface area (Å²) < 4.78 is 5.14. The summed E-state index contributed by atoms with van der Waals surface area (Å²) in [5.41, 5.74) is 0.500. The molecule has 0 aromatic heterocycles. The quantitative estimate of drug-likeness (QED) is 0.755. The Morgan fingerprint density at radius 1 is 1.40 bits per heavy atom. The topological polar surface area (TPSA) is 50.4 Å². The molecular formula is C11H22N2O2.